The van der Waals surface area contributed by atoms with E-state index in [1.165, 1.54) is 0 Å². The second-order valence-corrected chi connectivity index (χ2v) is 9.17. The predicted molar refractivity (Wildman–Crippen MR) is 133 cm³/mol. The average Bonchev–Trinajstić information content (AvgIpc) is 3.35. The van der Waals surface area contributed by atoms with Gasteiger partial charge in [0.2, 0.25) is 5.95 Å². The Kier molecular flexibility index (Phi) is 6.27. The molecule has 2 aliphatic heterocycles. The van der Waals surface area contributed by atoms with Crippen molar-refractivity contribution in [2.75, 3.05) is 41.0 Å². The van der Waals surface area contributed by atoms with Gasteiger partial charge in [-0.15, -0.1) is 0 Å². The van der Waals surface area contributed by atoms with Gasteiger partial charge in [0.1, 0.15) is 11.6 Å². The quantitative estimate of drug-likeness (QED) is 0.448. The van der Waals surface area contributed by atoms with Gasteiger partial charge in [0.05, 0.1) is 24.2 Å². The SMILES string of the molecule is CN(C[C@H]1CCCO1)c1ccc(Nc2ncc(F)c(Nc3ccc4c(n3)NC(=O)C(C)(C)O4)n2)cn1. The molecular weight excluding hydrogens is 467 g/mol. The smallest absolute Gasteiger partial charge is 0.269 e. The number of hydrogen-bond acceptors (Lipinski definition) is 10. The Bertz CT molecular complexity index is 1260. The molecule has 5 rings (SSSR count). The van der Waals surface area contributed by atoms with Crippen molar-refractivity contribution in [2.45, 2.75) is 38.4 Å². The Balaban J connectivity index is 1.26. The number of likely N-dealkylation sites (N-methyl/N-ethyl adjacent to an activating group) is 1. The highest BCUT2D eigenvalue weighted by Gasteiger charge is 2.36. The van der Waals surface area contributed by atoms with E-state index in [0.717, 1.165) is 38.0 Å². The van der Waals surface area contributed by atoms with Crippen LogP contribution in [-0.2, 0) is 9.53 Å². The van der Waals surface area contributed by atoms with Gasteiger partial charge >= 0.3 is 0 Å². The minimum Gasteiger partial charge on any atom is -0.474 e. The zero-order chi connectivity index (χ0) is 25.3. The molecule has 3 aromatic heterocycles. The lowest BCUT2D eigenvalue weighted by atomic mass is 10.1. The molecule has 0 unspecified atom stereocenters. The summed E-state index contributed by atoms with van der Waals surface area (Å²) in [6, 6.07) is 6.99. The maximum atomic E-state index is 14.4. The summed E-state index contributed by atoms with van der Waals surface area (Å²) in [5.41, 5.74) is -0.355. The number of halogens is 1. The molecule has 1 fully saturated rings. The number of carbonyl (C=O) groups is 1. The van der Waals surface area contributed by atoms with Gasteiger partial charge < -0.3 is 30.3 Å². The van der Waals surface area contributed by atoms with Gasteiger partial charge in [0, 0.05) is 20.2 Å². The van der Waals surface area contributed by atoms with Crippen LogP contribution in [0.4, 0.5) is 39.3 Å². The van der Waals surface area contributed by atoms with Crippen molar-refractivity contribution in [1.29, 1.82) is 0 Å². The minimum atomic E-state index is -1.00. The topological polar surface area (TPSA) is 126 Å². The molecule has 1 atom stereocenters. The standard InChI is InChI=1S/C24H27FN8O3/c1-24(2)22(34)31-21-17(36-24)7-8-18(30-21)29-20-16(25)12-27-23(32-20)28-14-6-9-19(26-11-14)33(3)13-15-5-4-10-35-15/h6-9,11-12,15H,4-5,10,13H2,1-3H3,(H3,27,28,29,30,31,32,34)/t15-/m1/s1. The molecule has 3 aromatic rings. The Morgan fingerprint density at radius 1 is 1.17 bits per heavy atom. The average molecular weight is 495 g/mol. The summed E-state index contributed by atoms with van der Waals surface area (Å²) in [6.45, 7) is 4.92. The molecular formula is C24H27FN8O3. The molecule has 0 spiro atoms. The molecule has 1 amide bonds. The third-order valence-electron chi connectivity index (χ3n) is 5.89. The number of nitrogens with zero attached hydrogens (tertiary/aromatic N) is 5. The number of ether oxygens (including phenoxy) is 2. The van der Waals surface area contributed by atoms with E-state index in [1.54, 1.807) is 32.2 Å². The molecule has 36 heavy (non-hydrogen) atoms. The predicted octanol–water partition coefficient (Wildman–Crippen LogP) is 3.62. The maximum absolute atomic E-state index is 14.4. The van der Waals surface area contributed by atoms with Gasteiger partial charge in [0.25, 0.3) is 5.91 Å². The van der Waals surface area contributed by atoms with Crippen LogP contribution >= 0.6 is 0 Å². The van der Waals surface area contributed by atoms with Crippen LogP contribution < -0.4 is 25.6 Å². The lowest BCUT2D eigenvalue weighted by molar-refractivity contribution is -0.129. The highest BCUT2D eigenvalue weighted by molar-refractivity contribution is 5.99. The van der Waals surface area contributed by atoms with Crippen LogP contribution in [-0.4, -0.2) is 57.7 Å². The summed E-state index contributed by atoms with van der Waals surface area (Å²) in [5, 5.41) is 8.55. The number of fused-ring (bicyclic) bond motifs is 1. The fraction of sp³-hybridized carbons (Fsp3) is 0.375. The van der Waals surface area contributed by atoms with E-state index in [0.29, 0.717) is 11.4 Å². The van der Waals surface area contributed by atoms with Crippen LogP contribution in [0.2, 0.25) is 0 Å². The summed E-state index contributed by atoms with van der Waals surface area (Å²) < 4.78 is 25.8. The molecule has 3 N–H and O–H groups in total. The molecule has 0 bridgehead atoms. The minimum absolute atomic E-state index is 0.0794. The summed E-state index contributed by atoms with van der Waals surface area (Å²) >= 11 is 0. The molecule has 1 saturated heterocycles. The van der Waals surface area contributed by atoms with Crippen molar-refractivity contribution < 1.29 is 18.7 Å². The first-order valence-electron chi connectivity index (χ1n) is 11.6. The Morgan fingerprint density at radius 3 is 2.78 bits per heavy atom. The zero-order valence-corrected chi connectivity index (χ0v) is 20.2. The maximum Gasteiger partial charge on any atom is 0.269 e. The van der Waals surface area contributed by atoms with Gasteiger partial charge in [-0.25, -0.2) is 19.3 Å². The van der Waals surface area contributed by atoms with E-state index in [2.05, 4.69) is 40.8 Å². The number of amides is 1. The van der Waals surface area contributed by atoms with E-state index >= 15 is 0 Å². The molecule has 0 aromatic carbocycles. The third-order valence-corrected chi connectivity index (χ3v) is 5.89. The first-order valence-corrected chi connectivity index (χ1v) is 11.6. The lowest BCUT2D eigenvalue weighted by Crippen LogP contribution is -2.46. The summed E-state index contributed by atoms with van der Waals surface area (Å²) in [7, 11) is 1.98. The van der Waals surface area contributed by atoms with Crippen LogP contribution in [0.1, 0.15) is 26.7 Å². The summed E-state index contributed by atoms with van der Waals surface area (Å²) in [4.78, 5) is 31.2. The molecule has 0 radical (unpaired) electrons. The molecule has 5 heterocycles. The van der Waals surface area contributed by atoms with Crippen molar-refractivity contribution in [3.8, 4) is 5.75 Å². The largest absolute Gasteiger partial charge is 0.474 e. The first kappa shape index (κ1) is 23.7. The van der Waals surface area contributed by atoms with Gasteiger partial charge in [-0.05, 0) is 51.0 Å². The highest BCUT2D eigenvalue weighted by Crippen LogP contribution is 2.33. The van der Waals surface area contributed by atoms with Gasteiger partial charge in [0.15, 0.2) is 28.8 Å². The number of rotatable bonds is 7. The van der Waals surface area contributed by atoms with Gasteiger partial charge in [-0.3, -0.25) is 4.79 Å². The first-order chi connectivity index (χ1) is 17.3. The normalized spacial score (nSPS) is 18.1. The van der Waals surface area contributed by atoms with Crippen molar-refractivity contribution in [2.24, 2.45) is 0 Å². The van der Waals surface area contributed by atoms with Crippen LogP contribution in [0, 0.1) is 5.82 Å². The van der Waals surface area contributed by atoms with E-state index in [4.69, 9.17) is 9.47 Å². The highest BCUT2D eigenvalue weighted by atomic mass is 19.1. The number of carbonyl (C=O) groups excluding carboxylic acids is 1. The molecule has 0 aliphatic carbocycles. The van der Waals surface area contributed by atoms with E-state index in [1.807, 2.05) is 19.2 Å². The third kappa shape index (κ3) is 5.13. The molecule has 188 valence electrons. The summed E-state index contributed by atoms with van der Waals surface area (Å²) in [5.74, 6) is 0.878. The lowest BCUT2D eigenvalue weighted by Gasteiger charge is -2.30. The number of nitrogens with one attached hydrogen (secondary N) is 3. The van der Waals surface area contributed by atoms with Gasteiger partial charge in [-0.1, -0.05) is 0 Å². The van der Waals surface area contributed by atoms with Crippen molar-refractivity contribution in [3.63, 3.8) is 0 Å². The molecule has 12 heteroatoms. The Morgan fingerprint density at radius 2 is 2.03 bits per heavy atom. The van der Waals surface area contributed by atoms with Crippen LogP contribution in [0.5, 0.6) is 5.75 Å². The van der Waals surface area contributed by atoms with Gasteiger partial charge in [-0.2, -0.15) is 4.98 Å². The summed E-state index contributed by atoms with van der Waals surface area (Å²) in [6.07, 6.45) is 5.10. The number of hydrogen-bond donors (Lipinski definition) is 3. The van der Waals surface area contributed by atoms with E-state index in [9.17, 15) is 9.18 Å². The van der Waals surface area contributed by atoms with Crippen LogP contribution in [0.25, 0.3) is 0 Å². The second-order valence-electron chi connectivity index (χ2n) is 9.17. The monoisotopic (exact) mass is 494 g/mol. The van der Waals surface area contributed by atoms with Crippen molar-refractivity contribution in [1.82, 2.24) is 19.9 Å². The molecule has 0 saturated carbocycles. The number of anilines is 6. The Labute approximate surface area is 207 Å². The van der Waals surface area contributed by atoms with Crippen molar-refractivity contribution >= 4 is 40.8 Å². The fourth-order valence-electron chi connectivity index (χ4n) is 3.91. The molecule has 11 nitrogen and oxygen atoms in total. The van der Waals surface area contributed by atoms with Crippen LogP contribution in [0.15, 0.2) is 36.7 Å². The Hall–Kier alpha value is -4.06. The second kappa shape index (κ2) is 9.53. The van der Waals surface area contributed by atoms with E-state index < -0.39 is 11.4 Å². The van der Waals surface area contributed by atoms with Crippen LogP contribution in [0.3, 0.4) is 0 Å². The molecule has 2 aliphatic rings. The number of aromatic nitrogens is 4. The zero-order valence-electron chi connectivity index (χ0n) is 20.2. The fourth-order valence-corrected chi connectivity index (χ4v) is 3.91. The van der Waals surface area contributed by atoms with E-state index in [-0.39, 0.29) is 35.4 Å². The van der Waals surface area contributed by atoms with Crippen molar-refractivity contribution in [3.05, 3.63) is 42.5 Å². The number of pyridine rings is 2.